The first kappa shape index (κ1) is 13.9. The van der Waals surface area contributed by atoms with Crippen LogP contribution in [0.2, 0.25) is 0 Å². The summed E-state index contributed by atoms with van der Waals surface area (Å²) < 4.78 is 0. The second-order valence-electron chi connectivity index (χ2n) is 6.91. The molecular formula is C16H20N4OS. The highest BCUT2D eigenvalue weighted by atomic mass is 32.1. The minimum Gasteiger partial charge on any atom is -0.301 e. The van der Waals surface area contributed by atoms with Gasteiger partial charge in [-0.2, -0.15) is 5.10 Å². The van der Waals surface area contributed by atoms with Gasteiger partial charge in [-0.25, -0.2) is 4.98 Å². The molecular weight excluding hydrogens is 296 g/mol. The van der Waals surface area contributed by atoms with Crippen molar-refractivity contribution in [3.8, 4) is 0 Å². The van der Waals surface area contributed by atoms with Crippen molar-refractivity contribution in [1.29, 1.82) is 0 Å². The van der Waals surface area contributed by atoms with Gasteiger partial charge in [-0.15, -0.1) is 11.3 Å². The van der Waals surface area contributed by atoms with Crippen LogP contribution in [0.1, 0.15) is 60.9 Å². The van der Waals surface area contributed by atoms with E-state index in [9.17, 15) is 4.79 Å². The minimum atomic E-state index is -0.103. The standard InChI is InChI=1S/C16H20N4OS/c1-16(2)7-6-12-13(16)18-15(22-12)19-14(21)9-4-3-5-11-10(9)8-17-20-11/h8-9H,3-7H2,1-2H3,(H,17,20)(H,18,19,21). The van der Waals surface area contributed by atoms with E-state index >= 15 is 0 Å². The van der Waals surface area contributed by atoms with Crippen molar-refractivity contribution < 1.29 is 4.79 Å². The molecule has 2 aromatic rings. The van der Waals surface area contributed by atoms with E-state index in [0.29, 0.717) is 0 Å². The number of thiazole rings is 1. The molecule has 0 aromatic carbocycles. The summed E-state index contributed by atoms with van der Waals surface area (Å²) in [5, 5.41) is 10.9. The number of aromatic nitrogens is 3. The fourth-order valence-corrected chi connectivity index (χ4v) is 4.72. The number of amides is 1. The van der Waals surface area contributed by atoms with Gasteiger partial charge < -0.3 is 5.32 Å². The van der Waals surface area contributed by atoms with E-state index in [4.69, 9.17) is 0 Å². The fourth-order valence-electron chi connectivity index (χ4n) is 3.57. The average Bonchev–Trinajstić information content (AvgIpc) is 3.15. The SMILES string of the molecule is CC1(C)CCc2sc(NC(=O)C3CCCc4[nH]ncc43)nc21. The first-order valence-electron chi connectivity index (χ1n) is 7.88. The van der Waals surface area contributed by atoms with Crippen LogP contribution in [0.4, 0.5) is 5.13 Å². The molecule has 1 amide bonds. The van der Waals surface area contributed by atoms with Crippen LogP contribution >= 0.6 is 11.3 Å². The van der Waals surface area contributed by atoms with Crippen LogP contribution in [0.5, 0.6) is 0 Å². The highest BCUT2D eigenvalue weighted by Crippen LogP contribution is 2.42. The summed E-state index contributed by atoms with van der Waals surface area (Å²) in [5.41, 5.74) is 3.46. The van der Waals surface area contributed by atoms with Gasteiger partial charge in [-0.05, 0) is 32.1 Å². The van der Waals surface area contributed by atoms with E-state index in [2.05, 4.69) is 34.3 Å². The maximum atomic E-state index is 12.6. The third-order valence-corrected chi connectivity index (χ3v) is 5.94. The minimum absolute atomic E-state index is 0.0487. The number of aromatic amines is 1. The van der Waals surface area contributed by atoms with Gasteiger partial charge >= 0.3 is 0 Å². The Morgan fingerprint density at radius 3 is 3.14 bits per heavy atom. The fraction of sp³-hybridized carbons (Fsp3) is 0.562. The molecule has 2 aromatic heterocycles. The third kappa shape index (κ3) is 2.17. The van der Waals surface area contributed by atoms with E-state index in [1.54, 1.807) is 17.5 Å². The Labute approximate surface area is 133 Å². The number of hydrogen-bond acceptors (Lipinski definition) is 4. The second-order valence-corrected chi connectivity index (χ2v) is 8.00. The van der Waals surface area contributed by atoms with Gasteiger partial charge in [0.1, 0.15) is 0 Å². The Kier molecular flexibility index (Phi) is 3.11. The van der Waals surface area contributed by atoms with Gasteiger partial charge in [-0.3, -0.25) is 9.89 Å². The number of rotatable bonds is 2. The number of fused-ring (bicyclic) bond motifs is 2. The van der Waals surface area contributed by atoms with Crippen LogP contribution in [-0.4, -0.2) is 21.1 Å². The number of nitrogens with zero attached hydrogens (tertiary/aromatic N) is 2. The van der Waals surface area contributed by atoms with Crippen molar-refractivity contribution in [3.63, 3.8) is 0 Å². The first-order valence-corrected chi connectivity index (χ1v) is 8.69. The number of carbonyl (C=O) groups excluding carboxylic acids is 1. The Balaban J connectivity index is 1.55. The lowest BCUT2D eigenvalue weighted by Crippen LogP contribution is -2.24. The van der Waals surface area contributed by atoms with Crippen molar-refractivity contribution in [2.75, 3.05) is 5.32 Å². The summed E-state index contributed by atoms with van der Waals surface area (Å²) in [6.45, 7) is 4.45. The molecule has 1 unspecified atom stereocenters. The van der Waals surface area contributed by atoms with Gasteiger partial charge in [0.2, 0.25) is 5.91 Å². The van der Waals surface area contributed by atoms with Crippen LogP contribution in [0.25, 0.3) is 0 Å². The molecule has 2 aliphatic rings. The predicted molar refractivity (Wildman–Crippen MR) is 86.4 cm³/mol. The highest BCUT2D eigenvalue weighted by molar-refractivity contribution is 7.16. The topological polar surface area (TPSA) is 70.7 Å². The van der Waals surface area contributed by atoms with E-state index in [0.717, 1.165) is 48.5 Å². The largest absolute Gasteiger partial charge is 0.301 e. The molecule has 116 valence electrons. The Hall–Kier alpha value is -1.69. The molecule has 0 spiro atoms. The van der Waals surface area contributed by atoms with Crippen LogP contribution in [0.15, 0.2) is 6.20 Å². The lowest BCUT2D eigenvalue weighted by molar-refractivity contribution is -0.117. The molecule has 6 heteroatoms. The molecule has 2 aliphatic carbocycles. The lowest BCUT2D eigenvalue weighted by Gasteiger charge is -2.20. The maximum Gasteiger partial charge on any atom is 0.233 e. The van der Waals surface area contributed by atoms with Crippen molar-refractivity contribution in [2.45, 2.75) is 57.3 Å². The number of H-pyrrole nitrogens is 1. The Morgan fingerprint density at radius 1 is 1.45 bits per heavy atom. The predicted octanol–water partition coefficient (Wildman–Crippen LogP) is 3.15. The molecule has 0 saturated carbocycles. The van der Waals surface area contributed by atoms with Crippen molar-refractivity contribution in [2.24, 2.45) is 0 Å². The van der Waals surface area contributed by atoms with Gasteiger partial charge in [0.05, 0.1) is 17.8 Å². The summed E-state index contributed by atoms with van der Waals surface area (Å²) in [6.07, 6.45) is 6.91. The van der Waals surface area contributed by atoms with Crippen LogP contribution in [0, 0.1) is 0 Å². The molecule has 0 saturated heterocycles. The monoisotopic (exact) mass is 316 g/mol. The molecule has 1 atom stereocenters. The van der Waals surface area contributed by atoms with E-state index < -0.39 is 0 Å². The molecule has 2 heterocycles. The molecule has 0 radical (unpaired) electrons. The van der Waals surface area contributed by atoms with Crippen molar-refractivity contribution in [3.05, 3.63) is 28.0 Å². The maximum absolute atomic E-state index is 12.6. The van der Waals surface area contributed by atoms with Crippen LogP contribution < -0.4 is 5.32 Å². The zero-order valence-corrected chi connectivity index (χ0v) is 13.7. The van der Waals surface area contributed by atoms with Crippen LogP contribution in [-0.2, 0) is 23.1 Å². The van der Waals surface area contributed by atoms with E-state index in [1.165, 1.54) is 10.6 Å². The summed E-state index contributed by atoms with van der Waals surface area (Å²) in [6, 6.07) is 0. The normalized spacial score (nSPS) is 22.2. The summed E-state index contributed by atoms with van der Waals surface area (Å²) in [7, 11) is 0. The molecule has 22 heavy (non-hydrogen) atoms. The van der Waals surface area contributed by atoms with Crippen LogP contribution in [0.3, 0.4) is 0 Å². The van der Waals surface area contributed by atoms with E-state index in [-0.39, 0.29) is 17.2 Å². The molecule has 0 aliphatic heterocycles. The number of anilines is 1. The molecule has 0 fully saturated rings. The lowest BCUT2D eigenvalue weighted by atomic mass is 9.86. The van der Waals surface area contributed by atoms with Gasteiger partial charge in [0.25, 0.3) is 0 Å². The zero-order valence-electron chi connectivity index (χ0n) is 12.9. The highest BCUT2D eigenvalue weighted by Gasteiger charge is 2.35. The molecule has 0 bridgehead atoms. The third-order valence-electron chi connectivity index (χ3n) is 4.91. The second kappa shape index (κ2) is 4.91. The Bertz CT molecular complexity index is 730. The van der Waals surface area contributed by atoms with Gasteiger partial charge in [0, 0.05) is 21.5 Å². The van der Waals surface area contributed by atoms with Crippen molar-refractivity contribution >= 4 is 22.4 Å². The number of carbonyl (C=O) groups is 1. The molecule has 5 nitrogen and oxygen atoms in total. The number of aryl methyl sites for hydroxylation is 2. The molecule has 4 rings (SSSR count). The number of nitrogens with one attached hydrogen (secondary N) is 2. The number of hydrogen-bond donors (Lipinski definition) is 2. The summed E-state index contributed by atoms with van der Waals surface area (Å²) >= 11 is 1.63. The first-order chi connectivity index (χ1) is 10.5. The van der Waals surface area contributed by atoms with E-state index in [1.807, 2.05) is 0 Å². The zero-order chi connectivity index (χ0) is 15.3. The van der Waals surface area contributed by atoms with Gasteiger partial charge in [-0.1, -0.05) is 13.8 Å². The summed E-state index contributed by atoms with van der Waals surface area (Å²) in [4.78, 5) is 18.6. The smallest absolute Gasteiger partial charge is 0.233 e. The van der Waals surface area contributed by atoms with Crippen molar-refractivity contribution in [1.82, 2.24) is 15.2 Å². The Morgan fingerprint density at radius 2 is 2.32 bits per heavy atom. The average molecular weight is 316 g/mol. The molecule has 2 N–H and O–H groups in total. The van der Waals surface area contributed by atoms with Gasteiger partial charge in [0.15, 0.2) is 5.13 Å². The quantitative estimate of drug-likeness (QED) is 0.894. The summed E-state index contributed by atoms with van der Waals surface area (Å²) in [5.74, 6) is -0.0539.